The first-order chi connectivity index (χ1) is 11.9. The third-order valence-electron chi connectivity index (χ3n) is 4.28. The highest BCUT2D eigenvalue weighted by Gasteiger charge is 2.17. The average Bonchev–Trinajstić information content (AvgIpc) is 2.97. The van der Waals surface area contributed by atoms with E-state index < -0.39 is 0 Å². The first-order valence-corrected chi connectivity index (χ1v) is 8.43. The predicted molar refractivity (Wildman–Crippen MR) is 99.7 cm³/mol. The molecule has 2 aromatic rings. The van der Waals surface area contributed by atoms with Crippen molar-refractivity contribution in [2.75, 3.05) is 6.54 Å². The Kier molecular flexibility index (Phi) is 4.49. The zero-order chi connectivity index (χ0) is 18.0. The minimum atomic E-state index is -0.158. The minimum Gasteiger partial charge on any atom is -0.386 e. The van der Waals surface area contributed by atoms with Gasteiger partial charge in [-0.25, -0.2) is 4.68 Å². The molecule has 0 aliphatic carbocycles. The van der Waals surface area contributed by atoms with Gasteiger partial charge in [0.15, 0.2) is 0 Å². The molecule has 0 spiro atoms. The number of amides is 1. The van der Waals surface area contributed by atoms with Crippen molar-refractivity contribution in [1.29, 1.82) is 0 Å². The lowest BCUT2D eigenvalue weighted by Gasteiger charge is -2.19. The fourth-order valence-corrected chi connectivity index (χ4v) is 2.74. The lowest BCUT2D eigenvalue weighted by atomic mass is 9.87. The summed E-state index contributed by atoms with van der Waals surface area (Å²) in [5, 5.41) is 10.4. The summed E-state index contributed by atoms with van der Waals surface area (Å²) in [5.74, 6) is -0.158. The molecule has 0 fully saturated rings. The van der Waals surface area contributed by atoms with Crippen molar-refractivity contribution in [3.05, 3.63) is 71.3 Å². The average molecular weight is 336 g/mol. The Morgan fingerprint density at radius 3 is 2.56 bits per heavy atom. The van der Waals surface area contributed by atoms with E-state index in [9.17, 15) is 4.79 Å². The van der Waals surface area contributed by atoms with Crippen LogP contribution in [-0.4, -0.2) is 22.2 Å². The van der Waals surface area contributed by atoms with Gasteiger partial charge in [0.2, 0.25) is 0 Å². The molecule has 1 aliphatic rings. The number of aromatic nitrogens is 2. The minimum absolute atomic E-state index is 0.109. The zero-order valence-corrected chi connectivity index (χ0v) is 15.1. The van der Waals surface area contributed by atoms with Crippen LogP contribution in [-0.2, 0) is 5.41 Å². The van der Waals surface area contributed by atoms with E-state index in [1.807, 2.05) is 31.2 Å². The van der Waals surface area contributed by atoms with Gasteiger partial charge < -0.3 is 10.6 Å². The van der Waals surface area contributed by atoms with E-state index in [0.717, 1.165) is 23.6 Å². The highest BCUT2D eigenvalue weighted by Crippen LogP contribution is 2.23. The van der Waals surface area contributed by atoms with Crippen LogP contribution in [0.4, 0.5) is 0 Å². The first kappa shape index (κ1) is 17.0. The summed E-state index contributed by atoms with van der Waals surface area (Å²) >= 11 is 0. The van der Waals surface area contributed by atoms with Crippen LogP contribution in [0.5, 0.6) is 0 Å². The monoisotopic (exact) mass is 336 g/mol. The first-order valence-electron chi connectivity index (χ1n) is 8.43. The van der Waals surface area contributed by atoms with Gasteiger partial charge >= 0.3 is 0 Å². The normalized spacial score (nSPS) is 14.0. The molecular formula is C20H24N4O. The Balaban J connectivity index is 1.82. The van der Waals surface area contributed by atoms with E-state index in [4.69, 9.17) is 0 Å². The van der Waals surface area contributed by atoms with E-state index in [2.05, 4.69) is 48.6 Å². The molecule has 5 heteroatoms. The molecular weight excluding hydrogens is 312 g/mol. The summed E-state index contributed by atoms with van der Waals surface area (Å²) in [4.78, 5) is 12.5. The quantitative estimate of drug-likeness (QED) is 0.905. The van der Waals surface area contributed by atoms with Crippen molar-refractivity contribution >= 4 is 5.91 Å². The molecule has 0 bridgehead atoms. The molecule has 130 valence electrons. The van der Waals surface area contributed by atoms with Gasteiger partial charge in [-0.05, 0) is 36.1 Å². The van der Waals surface area contributed by atoms with E-state index >= 15 is 0 Å². The molecule has 1 aromatic heterocycles. The zero-order valence-electron chi connectivity index (χ0n) is 15.1. The summed E-state index contributed by atoms with van der Waals surface area (Å²) in [6.07, 6.45) is 7.26. The molecule has 2 heterocycles. The van der Waals surface area contributed by atoms with Gasteiger partial charge in [-0.1, -0.05) is 39.0 Å². The van der Waals surface area contributed by atoms with Crippen LogP contribution in [0.3, 0.4) is 0 Å². The maximum atomic E-state index is 12.5. The second kappa shape index (κ2) is 6.59. The number of nitrogens with one attached hydrogen (secondary N) is 2. The molecule has 3 rings (SSSR count). The number of allylic oxidation sites excluding steroid dienone is 1. The lowest BCUT2D eigenvalue weighted by Crippen LogP contribution is -2.25. The predicted octanol–water partition coefficient (Wildman–Crippen LogP) is 3.21. The van der Waals surface area contributed by atoms with E-state index in [-0.39, 0.29) is 11.3 Å². The number of dihydropyridines is 1. The third-order valence-corrected chi connectivity index (χ3v) is 4.28. The van der Waals surface area contributed by atoms with E-state index in [1.165, 1.54) is 5.56 Å². The summed E-state index contributed by atoms with van der Waals surface area (Å²) in [6, 6.07) is 8.30. The van der Waals surface area contributed by atoms with Crippen molar-refractivity contribution in [1.82, 2.24) is 20.4 Å². The highest BCUT2D eigenvalue weighted by atomic mass is 16.1. The molecule has 2 N–H and O–H groups in total. The standard InChI is InChI=1S/C20H24N4O/c1-14-18(19(25)23-16-6-5-11-21-12-16)13-22-24(14)17-9-7-15(8-10-17)20(2,3)4/h5-10,12-13,21H,11H2,1-4H3,(H,23,25). The van der Waals surface area contributed by atoms with Crippen LogP contribution in [0, 0.1) is 6.92 Å². The van der Waals surface area contributed by atoms with Gasteiger partial charge in [0.25, 0.3) is 5.91 Å². The van der Waals surface area contributed by atoms with Crippen molar-refractivity contribution in [2.45, 2.75) is 33.1 Å². The van der Waals surface area contributed by atoms with E-state index in [1.54, 1.807) is 17.1 Å². The Morgan fingerprint density at radius 1 is 1.24 bits per heavy atom. The number of hydrogen-bond acceptors (Lipinski definition) is 3. The van der Waals surface area contributed by atoms with Crippen molar-refractivity contribution < 1.29 is 4.79 Å². The number of benzene rings is 1. The van der Waals surface area contributed by atoms with Crippen LogP contribution in [0.2, 0.25) is 0 Å². The number of carbonyl (C=O) groups is 1. The van der Waals surface area contributed by atoms with Gasteiger partial charge in [0, 0.05) is 12.7 Å². The molecule has 0 unspecified atom stereocenters. The largest absolute Gasteiger partial charge is 0.386 e. The van der Waals surface area contributed by atoms with Crippen LogP contribution in [0.1, 0.15) is 42.4 Å². The maximum Gasteiger partial charge on any atom is 0.259 e. The Morgan fingerprint density at radius 2 is 1.96 bits per heavy atom. The Labute approximate surface area is 148 Å². The molecule has 1 aliphatic heterocycles. The Hall–Kier alpha value is -2.82. The van der Waals surface area contributed by atoms with Crippen LogP contribution in [0.15, 0.2) is 54.5 Å². The van der Waals surface area contributed by atoms with Crippen LogP contribution >= 0.6 is 0 Å². The topological polar surface area (TPSA) is 59.0 Å². The van der Waals surface area contributed by atoms with Gasteiger partial charge in [-0.3, -0.25) is 4.79 Å². The number of rotatable bonds is 3. The molecule has 0 saturated carbocycles. The van der Waals surface area contributed by atoms with Crippen LogP contribution < -0.4 is 10.6 Å². The summed E-state index contributed by atoms with van der Waals surface area (Å²) in [6.45, 7) is 9.25. The second-order valence-electron chi connectivity index (χ2n) is 7.22. The molecule has 1 amide bonds. The number of carbonyl (C=O) groups excluding carboxylic acids is 1. The van der Waals surface area contributed by atoms with Gasteiger partial charge in [0.05, 0.1) is 28.8 Å². The van der Waals surface area contributed by atoms with Gasteiger partial charge in [-0.15, -0.1) is 0 Å². The van der Waals surface area contributed by atoms with E-state index in [0.29, 0.717) is 5.56 Å². The highest BCUT2D eigenvalue weighted by molar-refractivity contribution is 5.96. The van der Waals surface area contributed by atoms with Crippen molar-refractivity contribution in [3.63, 3.8) is 0 Å². The lowest BCUT2D eigenvalue weighted by molar-refractivity contribution is 0.0966. The third kappa shape index (κ3) is 3.65. The fraction of sp³-hybridized carbons (Fsp3) is 0.300. The maximum absolute atomic E-state index is 12.5. The SMILES string of the molecule is Cc1c(C(=O)NC2=CNCC=C2)cnn1-c1ccc(C(C)(C)C)cc1. The van der Waals surface area contributed by atoms with Gasteiger partial charge in [-0.2, -0.15) is 5.10 Å². The molecule has 0 atom stereocenters. The summed E-state index contributed by atoms with van der Waals surface area (Å²) in [5.41, 5.74) is 4.45. The van der Waals surface area contributed by atoms with Crippen LogP contribution in [0.25, 0.3) is 5.69 Å². The smallest absolute Gasteiger partial charge is 0.259 e. The van der Waals surface area contributed by atoms with Crippen molar-refractivity contribution in [2.24, 2.45) is 0 Å². The number of hydrogen-bond donors (Lipinski definition) is 2. The molecule has 5 nitrogen and oxygen atoms in total. The number of nitrogens with zero attached hydrogens (tertiary/aromatic N) is 2. The second-order valence-corrected chi connectivity index (χ2v) is 7.22. The van der Waals surface area contributed by atoms with Gasteiger partial charge in [0.1, 0.15) is 0 Å². The van der Waals surface area contributed by atoms with Crippen molar-refractivity contribution in [3.8, 4) is 5.69 Å². The molecule has 25 heavy (non-hydrogen) atoms. The summed E-state index contributed by atoms with van der Waals surface area (Å²) < 4.78 is 1.80. The summed E-state index contributed by atoms with van der Waals surface area (Å²) in [7, 11) is 0. The molecule has 1 aromatic carbocycles. The fourth-order valence-electron chi connectivity index (χ4n) is 2.74. The molecule has 0 saturated heterocycles. The molecule has 0 radical (unpaired) electrons. The Bertz CT molecular complexity index is 836.